The predicted molar refractivity (Wildman–Crippen MR) is 64.9 cm³/mol. The molecule has 2 aromatic carbocycles. The number of phenolic OH excluding ortho intramolecular Hbond substituents is 1. The topological polar surface area (TPSA) is 63.4 Å². The van der Waals surface area contributed by atoms with Gasteiger partial charge in [0, 0.05) is 6.07 Å². The maximum atomic E-state index is 12.8. The van der Waals surface area contributed by atoms with Gasteiger partial charge in [0.05, 0.1) is 11.4 Å². The number of benzene rings is 2. The van der Waals surface area contributed by atoms with Crippen LogP contribution in [0.2, 0.25) is 0 Å². The van der Waals surface area contributed by atoms with Gasteiger partial charge in [-0.25, -0.2) is 0 Å². The van der Waals surface area contributed by atoms with E-state index in [1.807, 2.05) is 0 Å². The van der Waals surface area contributed by atoms with Gasteiger partial charge in [0.25, 0.3) is 0 Å². The first kappa shape index (κ1) is 12.3. The van der Waals surface area contributed by atoms with Crippen molar-refractivity contribution in [1.29, 1.82) is 0 Å². The van der Waals surface area contributed by atoms with Gasteiger partial charge in [-0.15, -0.1) is 8.78 Å². The highest BCUT2D eigenvalue weighted by molar-refractivity contribution is 5.53. The van der Waals surface area contributed by atoms with Crippen molar-refractivity contribution in [3.8, 4) is 17.2 Å². The molecule has 0 unspecified atom stereocenters. The van der Waals surface area contributed by atoms with Crippen LogP contribution in [0.3, 0.4) is 0 Å². The third-order valence-electron chi connectivity index (χ3n) is 2.52. The highest BCUT2D eigenvalue weighted by Gasteiger charge is 2.43. The van der Waals surface area contributed by atoms with Crippen molar-refractivity contribution in [2.75, 3.05) is 0 Å². The average molecular weight is 278 g/mol. The number of ether oxygens (including phenoxy) is 2. The molecule has 7 heteroatoms. The maximum Gasteiger partial charge on any atom is 0.586 e. The van der Waals surface area contributed by atoms with E-state index < -0.39 is 6.29 Å². The van der Waals surface area contributed by atoms with Crippen LogP contribution in [-0.2, 0) is 0 Å². The van der Waals surface area contributed by atoms with Crippen molar-refractivity contribution in [2.45, 2.75) is 6.29 Å². The number of fused-ring (bicyclic) bond motifs is 1. The quantitative estimate of drug-likeness (QED) is 0.840. The zero-order chi connectivity index (χ0) is 14.2. The average Bonchev–Trinajstić information content (AvgIpc) is 2.71. The second-order valence-electron chi connectivity index (χ2n) is 4.01. The lowest BCUT2D eigenvalue weighted by Gasteiger charge is -2.04. The summed E-state index contributed by atoms with van der Waals surface area (Å²) >= 11 is 0. The number of hydrogen-bond acceptors (Lipinski definition) is 5. The Morgan fingerprint density at radius 2 is 1.45 bits per heavy atom. The SMILES string of the molecule is Oc1ccc(N=Nc2ccc3c(c2)OC(F)(F)O3)cc1. The van der Waals surface area contributed by atoms with E-state index in [1.54, 1.807) is 12.1 Å². The minimum absolute atomic E-state index is 0.0430. The molecular weight excluding hydrogens is 270 g/mol. The molecule has 0 aliphatic carbocycles. The number of alkyl halides is 2. The minimum Gasteiger partial charge on any atom is -0.508 e. The molecule has 5 nitrogen and oxygen atoms in total. The number of phenols is 1. The first-order valence-electron chi connectivity index (χ1n) is 5.62. The Hall–Kier alpha value is -2.70. The summed E-state index contributed by atoms with van der Waals surface area (Å²) in [6, 6.07) is 10.2. The highest BCUT2D eigenvalue weighted by Crippen LogP contribution is 2.42. The van der Waals surface area contributed by atoms with Crippen LogP contribution in [-0.4, -0.2) is 11.4 Å². The number of rotatable bonds is 2. The van der Waals surface area contributed by atoms with Gasteiger partial charge in [-0.2, -0.15) is 10.2 Å². The Bertz CT molecular complexity index is 672. The molecule has 0 aromatic heterocycles. The third kappa shape index (κ3) is 2.51. The molecule has 2 aromatic rings. The summed E-state index contributed by atoms with van der Waals surface area (Å²) in [6.07, 6.45) is -3.64. The molecule has 3 rings (SSSR count). The molecular formula is C13H8F2N2O3. The lowest BCUT2D eigenvalue weighted by Crippen LogP contribution is -2.25. The van der Waals surface area contributed by atoms with Crippen molar-refractivity contribution in [2.24, 2.45) is 10.2 Å². The molecule has 1 N–H and O–H groups in total. The molecule has 0 spiro atoms. The van der Waals surface area contributed by atoms with Crippen molar-refractivity contribution < 1.29 is 23.4 Å². The zero-order valence-corrected chi connectivity index (χ0v) is 9.96. The number of nitrogens with zero attached hydrogens (tertiary/aromatic N) is 2. The van der Waals surface area contributed by atoms with Gasteiger partial charge in [-0.3, -0.25) is 0 Å². The Morgan fingerprint density at radius 3 is 2.20 bits per heavy atom. The number of hydrogen-bond donors (Lipinski definition) is 1. The summed E-state index contributed by atoms with van der Waals surface area (Å²) < 4.78 is 34.3. The normalized spacial score (nSPS) is 15.7. The summed E-state index contributed by atoms with van der Waals surface area (Å²) in [4.78, 5) is 0. The molecule has 20 heavy (non-hydrogen) atoms. The summed E-state index contributed by atoms with van der Waals surface area (Å²) in [7, 11) is 0. The van der Waals surface area contributed by atoms with E-state index >= 15 is 0 Å². The summed E-state index contributed by atoms with van der Waals surface area (Å²) in [5, 5.41) is 16.9. The van der Waals surface area contributed by atoms with Crippen LogP contribution < -0.4 is 9.47 Å². The zero-order valence-electron chi connectivity index (χ0n) is 9.96. The highest BCUT2D eigenvalue weighted by atomic mass is 19.3. The third-order valence-corrected chi connectivity index (χ3v) is 2.52. The fourth-order valence-corrected chi connectivity index (χ4v) is 1.63. The van der Waals surface area contributed by atoms with Gasteiger partial charge in [0.1, 0.15) is 5.75 Å². The van der Waals surface area contributed by atoms with E-state index in [4.69, 9.17) is 5.11 Å². The number of aromatic hydroxyl groups is 1. The van der Waals surface area contributed by atoms with E-state index in [1.165, 1.54) is 30.3 Å². The molecule has 0 fully saturated rings. The van der Waals surface area contributed by atoms with Crippen molar-refractivity contribution in [3.05, 3.63) is 42.5 Å². The van der Waals surface area contributed by atoms with Crippen molar-refractivity contribution in [1.82, 2.24) is 0 Å². The first-order chi connectivity index (χ1) is 9.52. The van der Waals surface area contributed by atoms with Gasteiger partial charge in [0.15, 0.2) is 11.5 Å². The van der Waals surface area contributed by atoms with Gasteiger partial charge < -0.3 is 14.6 Å². The standard InChI is InChI=1S/C13H8F2N2O3/c14-13(15)19-11-6-3-9(7-12(11)20-13)17-16-8-1-4-10(18)5-2-8/h1-7,18H. The molecule has 0 bridgehead atoms. The molecule has 1 heterocycles. The monoisotopic (exact) mass is 278 g/mol. The Labute approximate surface area is 112 Å². The molecule has 0 atom stereocenters. The van der Waals surface area contributed by atoms with Crippen LogP contribution in [0.25, 0.3) is 0 Å². The Kier molecular flexibility index (Phi) is 2.74. The fraction of sp³-hybridized carbons (Fsp3) is 0.0769. The smallest absolute Gasteiger partial charge is 0.508 e. The van der Waals surface area contributed by atoms with Gasteiger partial charge in [0.2, 0.25) is 0 Å². The second kappa shape index (κ2) is 4.44. The van der Waals surface area contributed by atoms with E-state index in [0.29, 0.717) is 11.4 Å². The van der Waals surface area contributed by atoms with Crippen molar-refractivity contribution >= 4 is 11.4 Å². The van der Waals surface area contributed by atoms with Gasteiger partial charge in [-0.1, -0.05) is 0 Å². The minimum atomic E-state index is -3.64. The van der Waals surface area contributed by atoms with Gasteiger partial charge in [-0.05, 0) is 36.4 Å². The second-order valence-corrected chi connectivity index (χ2v) is 4.01. The van der Waals surface area contributed by atoms with Crippen LogP contribution in [0.5, 0.6) is 17.2 Å². The van der Waals surface area contributed by atoms with Crippen LogP contribution >= 0.6 is 0 Å². The largest absolute Gasteiger partial charge is 0.586 e. The van der Waals surface area contributed by atoms with E-state index in [0.717, 1.165) is 0 Å². The summed E-state index contributed by atoms with van der Waals surface area (Å²) in [6.45, 7) is 0. The number of halogens is 2. The van der Waals surface area contributed by atoms with Crippen LogP contribution in [0.1, 0.15) is 0 Å². The molecule has 102 valence electrons. The van der Waals surface area contributed by atoms with Crippen LogP contribution in [0, 0.1) is 0 Å². The molecule has 0 radical (unpaired) electrons. The molecule has 1 aliphatic heterocycles. The van der Waals surface area contributed by atoms with Crippen LogP contribution in [0.15, 0.2) is 52.7 Å². The first-order valence-corrected chi connectivity index (χ1v) is 5.62. The van der Waals surface area contributed by atoms with E-state index in [2.05, 4.69) is 19.7 Å². The van der Waals surface area contributed by atoms with E-state index in [9.17, 15) is 8.78 Å². The predicted octanol–water partition coefficient (Wildman–Crippen LogP) is 4.13. The number of azo groups is 1. The van der Waals surface area contributed by atoms with Crippen molar-refractivity contribution in [3.63, 3.8) is 0 Å². The fourth-order valence-electron chi connectivity index (χ4n) is 1.63. The maximum absolute atomic E-state index is 12.8. The Morgan fingerprint density at radius 1 is 0.850 bits per heavy atom. The summed E-state index contributed by atoms with van der Waals surface area (Å²) in [5.74, 6) is -0.00926. The van der Waals surface area contributed by atoms with E-state index in [-0.39, 0.29) is 17.2 Å². The molecule has 0 amide bonds. The Balaban J connectivity index is 1.81. The van der Waals surface area contributed by atoms with Gasteiger partial charge >= 0.3 is 6.29 Å². The lowest BCUT2D eigenvalue weighted by atomic mass is 10.3. The molecule has 1 aliphatic rings. The lowest BCUT2D eigenvalue weighted by molar-refractivity contribution is -0.286. The molecule has 0 saturated carbocycles. The van der Waals surface area contributed by atoms with Crippen LogP contribution in [0.4, 0.5) is 20.2 Å². The summed E-state index contributed by atoms with van der Waals surface area (Å²) in [5.41, 5.74) is 0.865. The molecule has 0 saturated heterocycles.